The van der Waals surface area contributed by atoms with Crippen LogP contribution >= 0.6 is 0 Å². The van der Waals surface area contributed by atoms with Crippen LogP contribution in [0.25, 0.3) is 0 Å². The summed E-state index contributed by atoms with van der Waals surface area (Å²) in [6, 6.07) is 2.20. The normalized spacial score (nSPS) is 12.3. The summed E-state index contributed by atoms with van der Waals surface area (Å²) in [5.41, 5.74) is 0.861. The topological polar surface area (TPSA) is 39.1 Å². The fourth-order valence-electron chi connectivity index (χ4n) is 1.28. The lowest BCUT2D eigenvalue weighted by molar-refractivity contribution is -0.174. The zero-order chi connectivity index (χ0) is 13.6. The molecule has 0 amide bonds. The minimum atomic E-state index is -4.27. The molecule has 0 radical (unpaired) electrons. The van der Waals surface area contributed by atoms with E-state index in [4.69, 9.17) is 0 Å². The number of rotatable bonds is 7. The molecule has 0 fully saturated rings. The molecule has 0 saturated heterocycles. The van der Waals surface area contributed by atoms with Crippen LogP contribution in [0.1, 0.15) is 19.5 Å². The Morgan fingerprint density at radius 1 is 1.44 bits per heavy atom. The van der Waals surface area contributed by atoms with Crippen molar-refractivity contribution in [1.82, 2.24) is 15.1 Å². The van der Waals surface area contributed by atoms with Crippen molar-refractivity contribution < 1.29 is 17.9 Å². The molecule has 4 nitrogen and oxygen atoms in total. The number of nitrogens with zero attached hydrogens (tertiary/aromatic N) is 2. The number of hydrogen-bond donors (Lipinski definition) is 1. The lowest BCUT2D eigenvalue weighted by Crippen LogP contribution is -2.22. The van der Waals surface area contributed by atoms with E-state index in [1.165, 1.54) is 0 Å². The summed E-state index contributed by atoms with van der Waals surface area (Å²) in [6.07, 6.45) is -2.54. The molecule has 104 valence electrons. The van der Waals surface area contributed by atoms with Crippen molar-refractivity contribution in [2.24, 2.45) is 0 Å². The van der Waals surface area contributed by atoms with Crippen LogP contribution in [-0.4, -0.2) is 35.2 Å². The van der Waals surface area contributed by atoms with Gasteiger partial charge in [-0.3, -0.25) is 4.68 Å². The average Bonchev–Trinajstić information content (AvgIpc) is 2.68. The molecule has 1 rings (SSSR count). The van der Waals surface area contributed by atoms with Gasteiger partial charge in [-0.2, -0.15) is 18.3 Å². The third kappa shape index (κ3) is 6.61. The number of nitrogens with one attached hydrogen (secondary N) is 1. The molecule has 1 aromatic heterocycles. The summed E-state index contributed by atoms with van der Waals surface area (Å²) < 4.78 is 41.5. The molecule has 0 atom stereocenters. The summed E-state index contributed by atoms with van der Waals surface area (Å²) in [4.78, 5) is 0. The molecule has 0 saturated carbocycles. The highest BCUT2D eigenvalue weighted by molar-refractivity contribution is 4.98. The van der Waals surface area contributed by atoms with Gasteiger partial charge in [0, 0.05) is 18.8 Å². The molecule has 0 aliphatic heterocycles. The molecule has 0 spiro atoms. The quantitative estimate of drug-likeness (QED) is 0.766. The Bertz CT molecular complexity index is 350. The first kappa shape index (κ1) is 15.0. The van der Waals surface area contributed by atoms with Crippen molar-refractivity contribution >= 4 is 0 Å². The zero-order valence-corrected chi connectivity index (χ0v) is 10.5. The van der Waals surface area contributed by atoms with E-state index in [9.17, 15) is 13.2 Å². The molecule has 1 N–H and O–H groups in total. The summed E-state index contributed by atoms with van der Waals surface area (Å²) in [6.45, 7) is 3.81. The lowest BCUT2D eigenvalue weighted by Gasteiger charge is -2.07. The molecular formula is C11H18F3N3O. The largest absolute Gasteiger partial charge is 0.411 e. The molecule has 7 heteroatoms. The minimum absolute atomic E-state index is 0.00175. The van der Waals surface area contributed by atoms with Crippen molar-refractivity contribution in [2.75, 3.05) is 13.2 Å². The van der Waals surface area contributed by atoms with E-state index >= 15 is 0 Å². The first-order chi connectivity index (χ1) is 8.37. The van der Waals surface area contributed by atoms with Gasteiger partial charge in [0.05, 0.1) is 18.8 Å². The first-order valence-corrected chi connectivity index (χ1v) is 5.77. The number of aromatic nitrogens is 2. The molecule has 0 unspecified atom stereocenters. The van der Waals surface area contributed by atoms with E-state index in [-0.39, 0.29) is 6.61 Å². The van der Waals surface area contributed by atoms with Crippen LogP contribution in [0.2, 0.25) is 0 Å². The zero-order valence-electron chi connectivity index (χ0n) is 10.5. The Morgan fingerprint density at radius 3 is 2.78 bits per heavy atom. The number of hydrogen-bond acceptors (Lipinski definition) is 3. The van der Waals surface area contributed by atoms with Crippen molar-refractivity contribution in [1.29, 1.82) is 0 Å². The third-order valence-corrected chi connectivity index (χ3v) is 2.12. The van der Waals surface area contributed by atoms with Gasteiger partial charge in [-0.25, -0.2) is 0 Å². The number of ether oxygens (including phenoxy) is 1. The van der Waals surface area contributed by atoms with Crippen molar-refractivity contribution in [3.63, 3.8) is 0 Å². The SMILES string of the molecule is CC(C)NCc1ccn(CCOCC(F)(F)F)n1. The van der Waals surface area contributed by atoms with E-state index in [1.807, 2.05) is 19.9 Å². The van der Waals surface area contributed by atoms with E-state index in [1.54, 1.807) is 10.9 Å². The number of alkyl halides is 3. The fourth-order valence-corrected chi connectivity index (χ4v) is 1.28. The van der Waals surface area contributed by atoms with Crippen LogP contribution in [0, 0.1) is 0 Å². The van der Waals surface area contributed by atoms with Crippen LogP contribution in [0.3, 0.4) is 0 Å². The van der Waals surface area contributed by atoms with Gasteiger partial charge in [0.1, 0.15) is 6.61 Å². The molecule has 0 bridgehead atoms. The summed E-state index contributed by atoms with van der Waals surface area (Å²) in [5, 5.41) is 7.42. The van der Waals surface area contributed by atoms with Gasteiger partial charge in [0.15, 0.2) is 0 Å². The van der Waals surface area contributed by atoms with E-state index in [0.717, 1.165) is 5.69 Å². The maximum absolute atomic E-state index is 11.8. The predicted octanol–water partition coefficient (Wildman–Crippen LogP) is 1.96. The van der Waals surface area contributed by atoms with Crippen LogP contribution < -0.4 is 5.32 Å². The Hall–Kier alpha value is -1.08. The number of halogens is 3. The third-order valence-electron chi connectivity index (χ3n) is 2.12. The van der Waals surface area contributed by atoms with Gasteiger partial charge >= 0.3 is 6.18 Å². The highest BCUT2D eigenvalue weighted by atomic mass is 19.4. The van der Waals surface area contributed by atoms with E-state index in [2.05, 4.69) is 15.2 Å². The molecule has 0 aromatic carbocycles. The molecular weight excluding hydrogens is 247 g/mol. The van der Waals surface area contributed by atoms with Gasteiger partial charge in [-0.1, -0.05) is 13.8 Å². The summed E-state index contributed by atoms with van der Waals surface area (Å²) >= 11 is 0. The first-order valence-electron chi connectivity index (χ1n) is 5.77. The van der Waals surface area contributed by atoms with Gasteiger partial charge < -0.3 is 10.1 Å². The maximum Gasteiger partial charge on any atom is 0.411 e. The molecule has 0 aliphatic rings. The minimum Gasteiger partial charge on any atom is -0.370 e. The van der Waals surface area contributed by atoms with Crippen molar-refractivity contribution in [3.8, 4) is 0 Å². The molecule has 0 aliphatic carbocycles. The van der Waals surface area contributed by atoms with Gasteiger partial charge in [-0.15, -0.1) is 0 Å². The van der Waals surface area contributed by atoms with Crippen LogP contribution in [-0.2, 0) is 17.8 Å². The Kier molecular flexibility index (Phi) is 5.61. The highest BCUT2D eigenvalue weighted by Gasteiger charge is 2.27. The van der Waals surface area contributed by atoms with Gasteiger partial charge in [0.2, 0.25) is 0 Å². The van der Waals surface area contributed by atoms with Crippen LogP contribution in [0.5, 0.6) is 0 Å². The van der Waals surface area contributed by atoms with Crippen molar-refractivity contribution in [2.45, 2.75) is 39.2 Å². The molecule has 1 heterocycles. The summed E-state index contributed by atoms with van der Waals surface area (Å²) in [7, 11) is 0. The Morgan fingerprint density at radius 2 is 2.17 bits per heavy atom. The second-order valence-electron chi connectivity index (χ2n) is 4.27. The molecule has 18 heavy (non-hydrogen) atoms. The average molecular weight is 265 g/mol. The smallest absolute Gasteiger partial charge is 0.370 e. The van der Waals surface area contributed by atoms with Gasteiger partial charge in [0.25, 0.3) is 0 Å². The van der Waals surface area contributed by atoms with Gasteiger partial charge in [-0.05, 0) is 6.07 Å². The van der Waals surface area contributed by atoms with E-state index in [0.29, 0.717) is 19.1 Å². The highest BCUT2D eigenvalue weighted by Crippen LogP contribution is 2.14. The Balaban J connectivity index is 2.23. The van der Waals surface area contributed by atoms with E-state index < -0.39 is 12.8 Å². The van der Waals surface area contributed by atoms with Crippen LogP contribution in [0.15, 0.2) is 12.3 Å². The summed E-state index contributed by atoms with van der Waals surface area (Å²) in [5.74, 6) is 0. The molecule has 1 aromatic rings. The second kappa shape index (κ2) is 6.75. The monoisotopic (exact) mass is 265 g/mol. The van der Waals surface area contributed by atoms with Crippen LogP contribution in [0.4, 0.5) is 13.2 Å². The Labute approximate surface area is 104 Å². The maximum atomic E-state index is 11.8. The fraction of sp³-hybridized carbons (Fsp3) is 0.727. The second-order valence-corrected chi connectivity index (χ2v) is 4.27. The van der Waals surface area contributed by atoms with Crippen molar-refractivity contribution in [3.05, 3.63) is 18.0 Å². The predicted molar refractivity (Wildman–Crippen MR) is 61.1 cm³/mol. The lowest BCUT2D eigenvalue weighted by atomic mass is 10.3. The standard InChI is InChI=1S/C11H18F3N3O/c1-9(2)15-7-10-3-4-17(16-10)5-6-18-8-11(12,13)14/h3-4,9,15H,5-8H2,1-2H3.